The molecule has 0 heterocycles. The fraction of sp³-hybridized carbons (Fsp3) is 0.917. The third-order valence-corrected chi connectivity index (χ3v) is 5.08. The molecular weight excluding hydrogens is 240 g/mol. The molecule has 102 valence electrons. The molecule has 0 saturated heterocycles. The molecule has 0 N–H and O–H groups in total. The average molecular weight is 264 g/mol. The van der Waals surface area contributed by atoms with Crippen molar-refractivity contribution in [2.24, 2.45) is 5.92 Å². The third kappa shape index (κ3) is 5.52. The van der Waals surface area contributed by atoms with Gasteiger partial charge in [0.2, 0.25) is 0 Å². The summed E-state index contributed by atoms with van der Waals surface area (Å²) in [6.45, 7) is 7.59. The van der Waals surface area contributed by atoms with Crippen molar-refractivity contribution in [2.45, 2.75) is 52.2 Å². The van der Waals surface area contributed by atoms with E-state index in [2.05, 4.69) is 0 Å². The molecule has 17 heavy (non-hydrogen) atoms. The molecule has 0 aromatic heterocycles. The second-order valence-corrected chi connectivity index (χ2v) is 6.60. The molecule has 0 radical (unpaired) electrons. The first kappa shape index (κ1) is 16.4. The second kappa shape index (κ2) is 7.69. The summed E-state index contributed by atoms with van der Waals surface area (Å²) in [6, 6.07) is 0. The number of hydrogen-bond acceptors (Lipinski definition) is 4. The van der Waals surface area contributed by atoms with E-state index in [4.69, 9.17) is 4.74 Å². The van der Waals surface area contributed by atoms with Crippen LogP contribution in [0.3, 0.4) is 0 Å². The van der Waals surface area contributed by atoms with Gasteiger partial charge >= 0.3 is 5.97 Å². The molecule has 5 heteroatoms. The lowest BCUT2D eigenvalue weighted by Gasteiger charge is -2.17. The van der Waals surface area contributed by atoms with Crippen LogP contribution in [0, 0.1) is 5.92 Å². The van der Waals surface area contributed by atoms with Gasteiger partial charge in [0.1, 0.15) is 0 Å². The molecule has 0 aromatic rings. The van der Waals surface area contributed by atoms with Gasteiger partial charge in [-0.2, -0.15) is 0 Å². The predicted molar refractivity (Wildman–Crippen MR) is 68.6 cm³/mol. The van der Waals surface area contributed by atoms with E-state index in [1.54, 1.807) is 6.92 Å². The van der Waals surface area contributed by atoms with Crippen molar-refractivity contribution >= 4 is 15.8 Å². The van der Waals surface area contributed by atoms with Gasteiger partial charge in [0.05, 0.1) is 12.4 Å². The summed E-state index contributed by atoms with van der Waals surface area (Å²) >= 11 is 0. The molecule has 0 amide bonds. The third-order valence-electron chi connectivity index (χ3n) is 2.75. The molecular formula is C12H24O4S. The van der Waals surface area contributed by atoms with Crippen molar-refractivity contribution in [3.05, 3.63) is 0 Å². The van der Waals surface area contributed by atoms with E-state index in [0.29, 0.717) is 12.8 Å². The number of hydrogen-bond donors (Lipinski definition) is 0. The van der Waals surface area contributed by atoms with E-state index in [0.717, 1.165) is 6.42 Å². The largest absolute Gasteiger partial charge is 0.465 e. The van der Waals surface area contributed by atoms with E-state index in [-0.39, 0.29) is 18.3 Å². The number of carbonyl (C=O) groups excluding carboxylic acids is 1. The van der Waals surface area contributed by atoms with Crippen LogP contribution in [0.2, 0.25) is 0 Å². The van der Waals surface area contributed by atoms with Gasteiger partial charge in [-0.1, -0.05) is 33.6 Å². The molecule has 0 saturated carbocycles. The highest BCUT2D eigenvalue weighted by Crippen LogP contribution is 2.16. The van der Waals surface area contributed by atoms with E-state index >= 15 is 0 Å². The summed E-state index contributed by atoms with van der Waals surface area (Å²) in [5.41, 5.74) is 0. The van der Waals surface area contributed by atoms with Crippen LogP contribution in [-0.4, -0.2) is 32.0 Å². The van der Waals surface area contributed by atoms with Crippen LogP contribution >= 0.6 is 0 Å². The molecule has 2 unspecified atom stereocenters. The average Bonchev–Trinajstić information content (AvgIpc) is 2.25. The quantitative estimate of drug-likeness (QED) is 0.630. The Bertz CT molecular complexity index is 321. The Labute approximate surface area is 105 Å². The van der Waals surface area contributed by atoms with E-state index in [1.165, 1.54) is 0 Å². The lowest BCUT2D eigenvalue weighted by atomic mass is 10.2. The summed E-state index contributed by atoms with van der Waals surface area (Å²) < 4.78 is 29.1. The first-order valence-electron chi connectivity index (χ1n) is 6.27. The first-order valence-corrected chi connectivity index (χ1v) is 7.98. The molecule has 0 aliphatic heterocycles. The number of carbonyl (C=O) groups is 1. The van der Waals surface area contributed by atoms with Gasteiger partial charge in [0, 0.05) is 0 Å². The Morgan fingerprint density at radius 2 is 1.82 bits per heavy atom. The van der Waals surface area contributed by atoms with Gasteiger partial charge in [-0.15, -0.1) is 0 Å². The minimum Gasteiger partial charge on any atom is -0.465 e. The molecule has 0 aliphatic carbocycles. The molecule has 0 fully saturated rings. The Morgan fingerprint density at radius 3 is 2.24 bits per heavy atom. The van der Waals surface area contributed by atoms with Crippen LogP contribution in [0.25, 0.3) is 0 Å². The minimum atomic E-state index is -3.39. The normalized spacial score (nSPS) is 15.3. The molecule has 2 atom stereocenters. The summed E-state index contributed by atoms with van der Waals surface area (Å²) in [4.78, 5) is 11.6. The fourth-order valence-corrected chi connectivity index (χ4v) is 3.79. The van der Waals surface area contributed by atoms with Crippen molar-refractivity contribution in [3.8, 4) is 0 Å². The van der Waals surface area contributed by atoms with Crippen LogP contribution in [0.15, 0.2) is 0 Å². The number of sulfone groups is 1. The van der Waals surface area contributed by atoms with Crippen LogP contribution < -0.4 is 0 Å². The van der Waals surface area contributed by atoms with Crippen LogP contribution in [-0.2, 0) is 19.4 Å². The number of rotatable bonds is 8. The maximum Gasteiger partial charge on any atom is 0.324 e. The molecule has 0 aromatic carbocycles. The van der Waals surface area contributed by atoms with Crippen molar-refractivity contribution in [3.63, 3.8) is 0 Å². The van der Waals surface area contributed by atoms with Crippen LogP contribution in [0.5, 0.6) is 0 Å². The Morgan fingerprint density at radius 1 is 1.24 bits per heavy atom. The van der Waals surface area contributed by atoms with E-state index in [9.17, 15) is 13.2 Å². The van der Waals surface area contributed by atoms with Gasteiger partial charge in [-0.25, -0.2) is 8.42 Å². The lowest BCUT2D eigenvalue weighted by molar-refractivity contribution is -0.142. The maximum absolute atomic E-state index is 12.1. The topological polar surface area (TPSA) is 60.4 Å². The monoisotopic (exact) mass is 264 g/mol. The minimum absolute atomic E-state index is 0.0625. The van der Waals surface area contributed by atoms with Gasteiger partial charge in [-0.05, 0) is 19.3 Å². The highest BCUT2D eigenvalue weighted by molar-refractivity contribution is 7.92. The Kier molecular flexibility index (Phi) is 7.43. The highest BCUT2D eigenvalue weighted by atomic mass is 32.2. The van der Waals surface area contributed by atoms with Crippen LogP contribution in [0.1, 0.15) is 47.0 Å². The van der Waals surface area contributed by atoms with Gasteiger partial charge in [0.25, 0.3) is 0 Å². The SMILES string of the molecule is CCCC(C(=O)OCC)S(=O)(=O)CC(C)CC. The van der Waals surface area contributed by atoms with E-state index < -0.39 is 21.1 Å². The summed E-state index contributed by atoms with van der Waals surface area (Å²) in [6.07, 6.45) is 1.79. The number of ether oxygens (including phenoxy) is 1. The van der Waals surface area contributed by atoms with Gasteiger partial charge < -0.3 is 4.74 Å². The summed E-state index contributed by atoms with van der Waals surface area (Å²) in [7, 11) is -3.39. The smallest absolute Gasteiger partial charge is 0.324 e. The van der Waals surface area contributed by atoms with Crippen molar-refractivity contribution in [2.75, 3.05) is 12.4 Å². The zero-order valence-electron chi connectivity index (χ0n) is 11.2. The molecule has 0 rings (SSSR count). The van der Waals surface area contributed by atoms with Crippen molar-refractivity contribution in [1.29, 1.82) is 0 Å². The fourth-order valence-electron chi connectivity index (χ4n) is 1.57. The standard InChI is InChI=1S/C12H24O4S/c1-5-8-11(12(13)16-7-3)17(14,15)9-10(4)6-2/h10-11H,5-9H2,1-4H3. The van der Waals surface area contributed by atoms with Crippen LogP contribution in [0.4, 0.5) is 0 Å². The van der Waals surface area contributed by atoms with Gasteiger partial charge in [-0.3, -0.25) is 4.79 Å². The highest BCUT2D eigenvalue weighted by Gasteiger charge is 2.33. The maximum atomic E-state index is 12.1. The zero-order chi connectivity index (χ0) is 13.5. The van der Waals surface area contributed by atoms with E-state index in [1.807, 2.05) is 20.8 Å². The van der Waals surface area contributed by atoms with Crippen molar-refractivity contribution in [1.82, 2.24) is 0 Å². The first-order chi connectivity index (χ1) is 7.88. The lowest BCUT2D eigenvalue weighted by Crippen LogP contribution is -2.35. The zero-order valence-corrected chi connectivity index (χ0v) is 12.0. The second-order valence-electron chi connectivity index (χ2n) is 4.37. The molecule has 0 bridgehead atoms. The van der Waals surface area contributed by atoms with Gasteiger partial charge in [0.15, 0.2) is 15.1 Å². The molecule has 0 aliphatic rings. The number of esters is 1. The molecule has 4 nitrogen and oxygen atoms in total. The molecule has 0 spiro atoms. The predicted octanol–water partition coefficient (Wildman–Crippen LogP) is 2.18. The van der Waals surface area contributed by atoms with Crippen molar-refractivity contribution < 1.29 is 17.9 Å². The summed E-state index contributed by atoms with van der Waals surface area (Å²) in [5.74, 6) is -0.459. The summed E-state index contributed by atoms with van der Waals surface area (Å²) in [5, 5.41) is -0.985. The Balaban J connectivity index is 4.84. The Hall–Kier alpha value is -0.580.